The van der Waals surface area contributed by atoms with Crippen molar-refractivity contribution in [1.29, 1.82) is 0 Å². The number of nitrogens with zero attached hydrogens (tertiary/aromatic N) is 6. The minimum absolute atomic E-state index is 0. The van der Waals surface area contributed by atoms with Gasteiger partial charge in [-0.15, -0.1) is 24.0 Å². The lowest BCUT2D eigenvalue weighted by atomic mass is 10.2. The van der Waals surface area contributed by atoms with Gasteiger partial charge in [-0.05, 0) is 37.5 Å². The molecule has 164 valence electrons. The van der Waals surface area contributed by atoms with E-state index in [1.165, 1.54) is 18.4 Å². The zero-order chi connectivity index (χ0) is 19.9. The van der Waals surface area contributed by atoms with Crippen LogP contribution in [0.5, 0.6) is 0 Å². The van der Waals surface area contributed by atoms with Crippen molar-refractivity contribution in [3.05, 3.63) is 41.9 Å². The van der Waals surface area contributed by atoms with E-state index < -0.39 is 0 Å². The number of hydrogen-bond donors (Lipinski definition) is 1. The van der Waals surface area contributed by atoms with Crippen molar-refractivity contribution < 1.29 is 4.52 Å². The van der Waals surface area contributed by atoms with Crippen LogP contribution in [0.15, 0.2) is 40.2 Å². The summed E-state index contributed by atoms with van der Waals surface area (Å²) in [6.45, 7) is 10.6. The average Bonchev–Trinajstić information content (AvgIpc) is 3.46. The van der Waals surface area contributed by atoms with Crippen molar-refractivity contribution in [3.8, 4) is 0 Å². The topological polar surface area (TPSA) is 73.0 Å². The average molecular weight is 525 g/mol. The Balaban J connectivity index is 0.00000256. The first-order valence-electron chi connectivity index (χ1n) is 10.7. The summed E-state index contributed by atoms with van der Waals surface area (Å²) >= 11 is 0. The van der Waals surface area contributed by atoms with Gasteiger partial charge in [0.05, 0.1) is 12.2 Å². The number of hydrogen-bond acceptors (Lipinski definition) is 6. The van der Waals surface area contributed by atoms with Crippen molar-refractivity contribution in [1.82, 2.24) is 25.3 Å². The van der Waals surface area contributed by atoms with Crippen LogP contribution in [0.2, 0.25) is 0 Å². The number of nitrogens with one attached hydrogen (secondary N) is 1. The standard InChI is InChI=1S/C21H31N7O.HI/c1-2-22-21(28-12-10-26(11-13-28)17-19-6-14-29-25-19)24-16-18-5-7-23-20(15-18)27-8-3-4-9-27;/h5-7,14-15H,2-4,8-13,16-17H2,1H3,(H,22,24);1H. The Bertz CT molecular complexity index is 784. The van der Waals surface area contributed by atoms with Crippen LogP contribution in [0.4, 0.5) is 5.82 Å². The van der Waals surface area contributed by atoms with Crippen molar-refractivity contribution in [3.63, 3.8) is 0 Å². The molecule has 2 saturated heterocycles. The van der Waals surface area contributed by atoms with Crippen LogP contribution >= 0.6 is 24.0 Å². The van der Waals surface area contributed by atoms with Gasteiger partial charge in [-0.1, -0.05) is 5.16 Å². The van der Waals surface area contributed by atoms with Gasteiger partial charge in [0, 0.05) is 64.6 Å². The SMILES string of the molecule is CCNC(=NCc1ccnc(N2CCCC2)c1)N1CCN(Cc2ccon2)CC1.I. The van der Waals surface area contributed by atoms with E-state index in [0.29, 0.717) is 6.54 Å². The van der Waals surface area contributed by atoms with E-state index in [-0.39, 0.29) is 24.0 Å². The molecular formula is C21H32IN7O. The molecule has 0 spiro atoms. The second kappa shape index (κ2) is 11.5. The number of piperazine rings is 1. The highest BCUT2D eigenvalue weighted by Gasteiger charge is 2.20. The summed E-state index contributed by atoms with van der Waals surface area (Å²) in [6.07, 6.45) is 6.07. The first-order valence-corrected chi connectivity index (χ1v) is 10.7. The molecule has 8 nitrogen and oxygen atoms in total. The fraction of sp³-hybridized carbons (Fsp3) is 0.571. The van der Waals surface area contributed by atoms with Crippen molar-refractivity contribution in [2.45, 2.75) is 32.9 Å². The lowest BCUT2D eigenvalue weighted by molar-refractivity contribution is 0.169. The Morgan fingerprint density at radius 1 is 1.13 bits per heavy atom. The number of rotatable bonds is 6. The van der Waals surface area contributed by atoms with Gasteiger partial charge >= 0.3 is 0 Å². The molecule has 0 aliphatic carbocycles. The first-order chi connectivity index (χ1) is 14.3. The third-order valence-electron chi connectivity index (χ3n) is 5.53. The summed E-state index contributed by atoms with van der Waals surface area (Å²) in [5.41, 5.74) is 2.20. The summed E-state index contributed by atoms with van der Waals surface area (Å²) in [7, 11) is 0. The summed E-state index contributed by atoms with van der Waals surface area (Å²) in [5, 5.41) is 7.47. The van der Waals surface area contributed by atoms with Crippen LogP contribution in [0.1, 0.15) is 31.0 Å². The van der Waals surface area contributed by atoms with E-state index in [4.69, 9.17) is 9.52 Å². The second-order valence-electron chi connectivity index (χ2n) is 7.64. The molecule has 2 aromatic rings. The highest BCUT2D eigenvalue weighted by Crippen LogP contribution is 2.19. The number of aromatic nitrogens is 2. The minimum Gasteiger partial charge on any atom is -0.364 e. The van der Waals surface area contributed by atoms with Gasteiger partial charge in [-0.2, -0.15) is 0 Å². The van der Waals surface area contributed by atoms with Gasteiger partial charge in [0.1, 0.15) is 12.1 Å². The quantitative estimate of drug-likeness (QED) is 0.353. The number of aliphatic imine (C=N–C) groups is 1. The van der Waals surface area contributed by atoms with Gasteiger partial charge in [-0.3, -0.25) is 4.90 Å². The Morgan fingerprint density at radius 2 is 1.93 bits per heavy atom. The fourth-order valence-corrected chi connectivity index (χ4v) is 3.94. The molecule has 0 amide bonds. The molecule has 0 radical (unpaired) electrons. The Hall–Kier alpha value is -1.88. The van der Waals surface area contributed by atoms with Gasteiger partial charge in [-0.25, -0.2) is 9.98 Å². The lowest BCUT2D eigenvalue weighted by Gasteiger charge is -2.36. The van der Waals surface area contributed by atoms with Crippen LogP contribution in [0, 0.1) is 0 Å². The van der Waals surface area contributed by atoms with Gasteiger partial charge in [0.25, 0.3) is 0 Å². The Labute approximate surface area is 195 Å². The predicted octanol–water partition coefficient (Wildman–Crippen LogP) is 2.57. The number of halogens is 1. The number of guanidine groups is 1. The molecule has 2 aliphatic rings. The summed E-state index contributed by atoms with van der Waals surface area (Å²) in [6, 6.07) is 6.19. The van der Waals surface area contributed by atoms with Crippen molar-refractivity contribution in [2.75, 3.05) is 50.7 Å². The molecule has 0 aromatic carbocycles. The smallest absolute Gasteiger partial charge is 0.194 e. The van der Waals surface area contributed by atoms with Crippen molar-refractivity contribution >= 4 is 35.8 Å². The second-order valence-corrected chi connectivity index (χ2v) is 7.64. The van der Waals surface area contributed by atoms with E-state index in [1.54, 1.807) is 6.26 Å². The molecule has 0 bridgehead atoms. The molecule has 0 atom stereocenters. The molecule has 1 N–H and O–H groups in total. The van der Waals surface area contributed by atoms with Gasteiger partial charge < -0.3 is 19.6 Å². The first kappa shape index (κ1) is 22.8. The van der Waals surface area contributed by atoms with Gasteiger partial charge in [0.15, 0.2) is 5.96 Å². The Kier molecular flexibility index (Phi) is 8.74. The largest absolute Gasteiger partial charge is 0.364 e. The van der Waals surface area contributed by atoms with Crippen LogP contribution in [0.3, 0.4) is 0 Å². The summed E-state index contributed by atoms with van der Waals surface area (Å²) in [4.78, 5) is 16.6. The highest BCUT2D eigenvalue weighted by atomic mass is 127. The van der Waals surface area contributed by atoms with Crippen LogP contribution < -0.4 is 10.2 Å². The highest BCUT2D eigenvalue weighted by molar-refractivity contribution is 14.0. The van der Waals surface area contributed by atoms with Crippen LogP contribution in [0.25, 0.3) is 0 Å². The molecule has 2 aliphatic heterocycles. The van der Waals surface area contributed by atoms with Gasteiger partial charge in [0.2, 0.25) is 0 Å². The van der Waals surface area contributed by atoms with E-state index >= 15 is 0 Å². The molecular weight excluding hydrogens is 493 g/mol. The molecule has 2 aromatic heterocycles. The summed E-state index contributed by atoms with van der Waals surface area (Å²) in [5.74, 6) is 2.08. The number of anilines is 1. The molecule has 4 rings (SSSR count). The van der Waals surface area contributed by atoms with Crippen LogP contribution in [-0.2, 0) is 13.1 Å². The summed E-state index contributed by atoms with van der Waals surface area (Å²) < 4.78 is 4.94. The van der Waals surface area contributed by atoms with E-state index in [1.807, 2.05) is 12.3 Å². The Morgan fingerprint density at radius 3 is 2.63 bits per heavy atom. The van der Waals surface area contributed by atoms with Crippen molar-refractivity contribution in [2.24, 2.45) is 4.99 Å². The van der Waals surface area contributed by atoms with E-state index in [9.17, 15) is 0 Å². The third kappa shape index (κ3) is 6.07. The predicted molar refractivity (Wildman–Crippen MR) is 129 cm³/mol. The normalized spacial score (nSPS) is 17.8. The van der Waals surface area contributed by atoms with E-state index in [2.05, 4.69) is 49.2 Å². The van der Waals surface area contributed by atoms with Crippen LogP contribution in [-0.4, -0.2) is 71.7 Å². The molecule has 0 unspecified atom stereocenters. The monoisotopic (exact) mass is 525 g/mol. The zero-order valence-corrected chi connectivity index (χ0v) is 20.0. The molecule has 4 heterocycles. The maximum Gasteiger partial charge on any atom is 0.194 e. The maximum atomic E-state index is 4.94. The third-order valence-corrected chi connectivity index (χ3v) is 5.53. The van der Waals surface area contributed by atoms with E-state index in [0.717, 1.165) is 69.8 Å². The molecule has 30 heavy (non-hydrogen) atoms. The maximum absolute atomic E-state index is 4.94. The zero-order valence-electron chi connectivity index (χ0n) is 17.7. The fourth-order valence-electron chi connectivity index (χ4n) is 3.94. The minimum atomic E-state index is 0. The number of pyridine rings is 1. The molecule has 2 fully saturated rings. The molecule has 0 saturated carbocycles. The lowest BCUT2D eigenvalue weighted by Crippen LogP contribution is -2.52. The molecule has 9 heteroatoms.